The molecular weight excluding hydrogens is 238 g/mol. The molecule has 0 saturated carbocycles. The van der Waals surface area contributed by atoms with Crippen molar-refractivity contribution in [2.45, 2.75) is 45.2 Å². The van der Waals surface area contributed by atoms with Crippen molar-refractivity contribution in [3.63, 3.8) is 0 Å². The highest BCUT2D eigenvalue weighted by Crippen LogP contribution is 2.26. The second-order valence-electron chi connectivity index (χ2n) is 5.14. The highest BCUT2D eigenvalue weighted by molar-refractivity contribution is 5.86. The molecule has 2 heterocycles. The van der Waals surface area contributed by atoms with Crippen LogP contribution >= 0.6 is 0 Å². The number of hydrogen-bond acceptors (Lipinski definition) is 3. The molecule has 4 heteroatoms. The zero-order valence-electron chi connectivity index (χ0n) is 11.9. The number of hydrogen-bond donors (Lipinski definition) is 1. The summed E-state index contributed by atoms with van der Waals surface area (Å²) in [5.74, 6) is 0.242. The Morgan fingerprint density at radius 3 is 2.68 bits per heavy atom. The van der Waals surface area contributed by atoms with Crippen molar-refractivity contribution >= 4 is 5.91 Å². The maximum atomic E-state index is 12.8. The van der Waals surface area contributed by atoms with Crippen LogP contribution in [0.1, 0.15) is 38.7 Å². The Balaban J connectivity index is 2.11. The summed E-state index contributed by atoms with van der Waals surface area (Å²) >= 11 is 0. The fourth-order valence-electron chi connectivity index (χ4n) is 2.78. The molecule has 1 atom stereocenters. The first-order chi connectivity index (χ1) is 9.22. The van der Waals surface area contributed by atoms with E-state index >= 15 is 0 Å². The molecule has 1 fully saturated rings. The molecular formula is C15H23N3O. The lowest BCUT2D eigenvalue weighted by Crippen LogP contribution is -2.54. The van der Waals surface area contributed by atoms with Gasteiger partial charge in [-0.2, -0.15) is 0 Å². The van der Waals surface area contributed by atoms with Crippen LogP contribution < -0.4 is 5.32 Å². The Labute approximate surface area is 115 Å². The van der Waals surface area contributed by atoms with Crippen molar-refractivity contribution in [1.82, 2.24) is 15.2 Å². The number of amides is 1. The zero-order valence-corrected chi connectivity index (χ0v) is 11.9. The summed E-state index contributed by atoms with van der Waals surface area (Å²) in [6.07, 6.45) is 6.45. The quantitative estimate of drug-likeness (QED) is 0.881. The maximum Gasteiger partial charge on any atom is 0.243 e. The van der Waals surface area contributed by atoms with Crippen LogP contribution in [0.5, 0.6) is 0 Å². The van der Waals surface area contributed by atoms with Crippen LogP contribution in [0.2, 0.25) is 0 Å². The third-order valence-corrected chi connectivity index (χ3v) is 4.05. The van der Waals surface area contributed by atoms with Gasteiger partial charge >= 0.3 is 0 Å². The highest BCUT2D eigenvalue weighted by atomic mass is 16.2. The van der Waals surface area contributed by atoms with Crippen molar-refractivity contribution in [3.05, 3.63) is 30.1 Å². The van der Waals surface area contributed by atoms with Gasteiger partial charge < -0.3 is 10.2 Å². The molecule has 104 valence electrons. The van der Waals surface area contributed by atoms with Gasteiger partial charge in [-0.1, -0.05) is 6.92 Å². The molecule has 0 radical (unpaired) electrons. The molecule has 1 aliphatic rings. The molecule has 1 saturated heterocycles. The number of carbonyl (C=O) groups excluding carboxylic acids is 1. The molecule has 0 bridgehead atoms. The third-order valence-electron chi connectivity index (χ3n) is 4.05. The second-order valence-corrected chi connectivity index (χ2v) is 5.14. The number of likely N-dealkylation sites (N-methyl/N-ethyl adjacent to an activating group) is 1. The Morgan fingerprint density at radius 2 is 2.16 bits per heavy atom. The van der Waals surface area contributed by atoms with E-state index in [0.717, 1.165) is 37.9 Å². The van der Waals surface area contributed by atoms with Gasteiger partial charge in [0, 0.05) is 25.5 Å². The molecule has 19 heavy (non-hydrogen) atoms. The molecule has 1 N–H and O–H groups in total. The highest BCUT2D eigenvalue weighted by Gasteiger charge is 2.41. The molecule has 1 amide bonds. The van der Waals surface area contributed by atoms with Gasteiger partial charge in [0.15, 0.2) is 0 Å². The molecule has 1 aliphatic heterocycles. The average Bonchev–Trinajstić information content (AvgIpc) is 2.95. The fourth-order valence-corrected chi connectivity index (χ4v) is 2.78. The minimum absolute atomic E-state index is 0.242. The van der Waals surface area contributed by atoms with Gasteiger partial charge in [0.05, 0.1) is 5.54 Å². The molecule has 0 spiro atoms. The normalized spacial score (nSPS) is 22.4. The minimum Gasteiger partial charge on any atom is -0.337 e. The molecule has 0 aromatic carbocycles. The van der Waals surface area contributed by atoms with Crippen molar-refractivity contribution in [1.29, 1.82) is 0 Å². The number of nitrogens with zero attached hydrogens (tertiary/aromatic N) is 2. The molecule has 1 aromatic rings. The standard InChI is InChI=1S/C15H23N3O/c1-3-15(8-5-9-17-15)14(19)18(4-2)12-13-6-10-16-11-7-13/h6-7,10-11,17H,3-5,8-9,12H2,1-2H3. The number of aromatic nitrogens is 1. The monoisotopic (exact) mass is 261 g/mol. The largest absolute Gasteiger partial charge is 0.337 e. The Kier molecular flexibility index (Phi) is 4.53. The van der Waals surface area contributed by atoms with Crippen LogP contribution in [-0.2, 0) is 11.3 Å². The maximum absolute atomic E-state index is 12.8. The topological polar surface area (TPSA) is 45.2 Å². The molecule has 1 unspecified atom stereocenters. The van der Waals surface area contributed by atoms with Gasteiger partial charge in [0.1, 0.15) is 0 Å². The second kappa shape index (κ2) is 6.15. The summed E-state index contributed by atoms with van der Waals surface area (Å²) in [5, 5.41) is 3.42. The van der Waals surface area contributed by atoms with E-state index in [0.29, 0.717) is 6.54 Å². The van der Waals surface area contributed by atoms with Crippen molar-refractivity contribution < 1.29 is 4.79 Å². The van der Waals surface area contributed by atoms with Gasteiger partial charge in [0.2, 0.25) is 5.91 Å². The van der Waals surface area contributed by atoms with E-state index < -0.39 is 0 Å². The van der Waals surface area contributed by atoms with Crippen LogP contribution in [0.4, 0.5) is 0 Å². The van der Waals surface area contributed by atoms with E-state index in [2.05, 4.69) is 17.2 Å². The number of pyridine rings is 1. The molecule has 2 rings (SSSR count). The number of nitrogens with one attached hydrogen (secondary N) is 1. The predicted octanol–water partition coefficient (Wildman–Crippen LogP) is 1.96. The minimum atomic E-state index is -0.330. The summed E-state index contributed by atoms with van der Waals surface area (Å²) in [5.41, 5.74) is 0.803. The van der Waals surface area contributed by atoms with E-state index in [1.807, 2.05) is 24.0 Å². The third kappa shape index (κ3) is 2.95. The lowest BCUT2D eigenvalue weighted by atomic mass is 9.92. The van der Waals surface area contributed by atoms with Gasteiger partial charge in [-0.25, -0.2) is 0 Å². The van der Waals surface area contributed by atoms with Gasteiger partial charge in [0.25, 0.3) is 0 Å². The predicted molar refractivity (Wildman–Crippen MR) is 75.6 cm³/mol. The lowest BCUT2D eigenvalue weighted by Gasteiger charge is -2.33. The first-order valence-corrected chi connectivity index (χ1v) is 7.15. The zero-order chi connectivity index (χ0) is 13.7. The van der Waals surface area contributed by atoms with E-state index in [1.165, 1.54) is 0 Å². The van der Waals surface area contributed by atoms with E-state index in [1.54, 1.807) is 12.4 Å². The first kappa shape index (κ1) is 14.0. The van der Waals surface area contributed by atoms with E-state index in [4.69, 9.17) is 0 Å². The summed E-state index contributed by atoms with van der Waals surface area (Å²) in [4.78, 5) is 18.7. The van der Waals surface area contributed by atoms with E-state index in [-0.39, 0.29) is 11.4 Å². The fraction of sp³-hybridized carbons (Fsp3) is 0.600. The summed E-state index contributed by atoms with van der Waals surface area (Å²) in [6, 6.07) is 3.94. The molecule has 1 aromatic heterocycles. The van der Waals surface area contributed by atoms with E-state index in [9.17, 15) is 4.79 Å². The van der Waals surface area contributed by atoms with Gasteiger partial charge in [-0.3, -0.25) is 9.78 Å². The van der Waals surface area contributed by atoms with Crippen LogP contribution in [0.25, 0.3) is 0 Å². The first-order valence-electron chi connectivity index (χ1n) is 7.15. The van der Waals surface area contributed by atoms with Crippen LogP contribution in [-0.4, -0.2) is 34.4 Å². The van der Waals surface area contributed by atoms with Crippen LogP contribution in [0.3, 0.4) is 0 Å². The summed E-state index contributed by atoms with van der Waals surface area (Å²) < 4.78 is 0. The molecule has 4 nitrogen and oxygen atoms in total. The summed E-state index contributed by atoms with van der Waals surface area (Å²) in [6.45, 7) is 6.49. The van der Waals surface area contributed by atoms with Crippen LogP contribution in [0.15, 0.2) is 24.5 Å². The van der Waals surface area contributed by atoms with Crippen molar-refractivity contribution in [3.8, 4) is 0 Å². The summed E-state index contributed by atoms with van der Waals surface area (Å²) in [7, 11) is 0. The van der Waals surface area contributed by atoms with Crippen molar-refractivity contribution in [2.24, 2.45) is 0 Å². The smallest absolute Gasteiger partial charge is 0.243 e. The molecule has 0 aliphatic carbocycles. The Bertz CT molecular complexity index is 413. The van der Waals surface area contributed by atoms with Gasteiger partial charge in [-0.15, -0.1) is 0 Å². The van der Waals surface area contributed by atoms with Crippen LogP contribution in [0, 0.1) is 0 Å². The average molecular weight is 261 g/mol. The van der Waals surface area contributed by atoms with Crippen molar-refractivity contribution in [2.75, 3.05) is 13.1 Å². The Hall–Kier alpha value is -1.42. The number of carbonyl (C=O) groups is 1. The Morgan fingerprint density at radius 1 is 1.42 bits per heavy atom. The van der Waals surface area contributed by atoms with Gasteiger partial charge in [-0.05, 0) is 50.4 Å². The lowest BCUT2D eigenvalue weighted by molar-refractivity contribution is -0.138. The number of rotatable bonds is 5. The SMILES string of the molecule is CCN(Cc1ccncc1)C(=O)C1(CC)CCCN1.